The molecule has 2 fully saturated rings. The molecule has 0 radical (unpaired) electrons. The fourth-order valence-corrected chi connectivity index (χ4v) is 6.59. The predicted octanol–water partition coefficient (Wildman–Crippen LogP) is 4.20. The van der Waals surface area contributed by atoms with Gasteiger partial charge in [-0.2, -0.15) is 4.31 Å². The van der Waals surface area contributed by atoms with Crippen molar-refractivity contribution in [2.45, 2.75) is 43.9 Å². The van der Waals surface area contributed by atoms with E-state index in [1.165, 1.54) is 0 Å². The molecule has 0 N–H and O–H groups in total. The summed E-state index contributed by atoms with van der Waals surface area (Å²) in [5.74, 6) is 1.71. The second kappa shape index (κ2) is 11.1. The van der Waals surface area contributed by atoms with Gasteiger partial charge in [-0.3, -0.25) is 4.79 Å². The average molecular weight is 517 g/mol. The summed E-state index contributed by atoms with van der Waals surface area (Å²) in [7, 11) is -0.467. The van der Waals surface area contributed by atoms with E-state index in [0.29, 0.717) is 60.5 Å². The van der Waals surface area contributed by atoms with E-state index in [1.54, 1.807) is 61.0 Å². The summed E-state index contributed by atoms with van der Waals surface area (Å²) >= 11 is 0. The number of piperidine rings is 1. The second-order valence-electron chi connectivity index (χ2n) is 9.62. The standard InChI is InChI=1S/C27H36N2O6S/c1-4-5-18-35-21-6-9-23(10-7-21)36(31,32)29-17-14-27(20-29)12-15-28(16-13-27)26(30)24-19-22(33-2)8-11-25(24)34-3/h6-11,19H,4-5,12-18,20H2,1-3H3. The number of hydrogen-bond donors (Lipinski definition) is 0. The molecule has 2 saturated heterocycles. The number of benzene rings is 2. The zero-order valence-electron chi connectivity index (χ0n) is 21.4. The fraction of sp³-hybridized carbons (Fsp3) is 0.519. The molecule has 1 spiro atoms. The van der Waals surface area contributed by atoms with Crippen LogP contribution in [0, 0.1) is 5.41 Å². The molecule has 2 aliphatic heterocycles. The number of nitrogens with zero attached hydrogens (tertiary/aromatic N) is 2. The number of methoxy groups -OCH3 is 2. The molecule has 2 aliphatic rings. The van der Waals surface area contributed by atoms with Gasteiger partial charge in [0.2, 0.25) is 10.0 Å². The van der Waals surface area contributed by atoms with Crippen LogP contribution in [-0.2, 0) is 10.0 Å². The van der Waals surface area contributed by atoms with Gasteiger partial charge in [0.15, 0.2) is 0 Å². The van der Waals surface area contributed by atoms with E-state index in [1.807, 2.05) is 4.90 Å². The molecule has 196 valence electrons. The summed E-state index contributed by atoms with van der Waals surface area (Å²) in [4.78, 5) is 15.4. The lowest BCUT2D eigenvalue weighted by molar-refractivity contribution is 0.0596. The molecular weight excluding hydrogens is 480 g/mol. The summed E-state index contributed by atoms with van der Waals surface area (Å²) < 4.78 is 44.6. The van der Waals surface area contributed by atoms with Gasteiger partial charge in [0, 0.05) is 26.2 Å². The van der Waals surface area contributed by atoms with Crippen LogP contribution < -0.4 is 14.2 Å². The Balaban J connectivity index is 1.38. The van der Waals surface area contributed by atoms with Crippen LogP contribution in [0.25, 0.3) is 0 Å². The third-order valence-corrected chi connectivity index (χ3v) is 9.24. The van der Waals surface area contributed by atoms with E-state index in [-0.39, 0.29) is 11.3 Å². The maximum Gasteiger partial charge on any atom is 0.257 e. The van der Waals surface area contributed by atoms with E-state index in [2.05, 4.69) is 6.92 Å². The first kappa shape index (κ1) is 26.3. The number of amides is 1. The van der Waals surface area contributed by atoms with Crippen molar-refractivity contribution >= 4 is 15.9 Å². The molecule has 2 heterocycles. The van der Waals surface area contributed by atoms with E-state index < -0.39 is 10.0 Å². The Labute approximate surface area is 214 Å². The van der Waals surface area contributed by atoms with Crippen LogP contribution in [0.3, 0.4) is 0 Å². The van der Waals surface area contributed by atoms with E-state index in [9.17, 15) is 13.2 Å². The van der Waals surface area contributed by atoms with Crippen LogP contribution in [0.2, 0.25) is 0 Å². The van der Waals surface area contributed by atoms with Gasteiger partial charge < -0.3 is 19.1 Å². The zero-order chi connectivity index (χ0) is 25.8. The second-order valence-corrected chi connectivity index (χ2v) is 11.6. The Morgan fingerprint density at radius 2 is 1.61 bits per heavy atom. The van der Waals surface area contributed by atoms with Crippen LogP contribution in [0.5, 0.6) is 17.2 Å². The first-order valence-electron chi connectivity index (χ1n) is 12.6. The van der Waals surface area contributed by atoms with Crippen molar-refractivity contribution in [2.24, 2.45) is 5.41 Å². The monoisotopic (exact) mass is 516 g/mol. The number of likely N-dealkylation sites (tertiary alicyclic amines) is 1. The van der Waals surface area contributed by atoms with Crippen LogP contribution in [-0.4, -0.2) is 70.5 Å². The smallest absolute Gasteiger partial charge is 0.257 e. The van der Waals surface area contributed by atoms with Crippen molar-refractivity contribution < 1.29 is 27.4 Å². The molecule has 4 rings (SSSR count). The van der Waals surface area contributed by atoms with Gasteiger partial charge in [-0.1, -0.05) is 13.3 Å². The topological polar surface area (TPSA) is 85.4 Å². The molecule has 2 aromatic carbocycles. The highest BCUT2D eigenvalue weighted by Crippen LogP contribution is 2.42. The normalized spacial score (nSPS) is 17.8. The minimum Gasteiger partial charge on any atom is -0.497 e. The Kier molecular flexibility index (Phi) is 8.10. The lowest BCUT2D eigenvalue weighted by atomic mass is 9.78. The van der Waals surface area contributed by atoms with Crippen molar-refractivity contribution in [3.63, 3.8) is 0 Å². The highest BCUT2D eigenvalue weighted by Gasteiger charge is 2.45. The quantitative estimate of drug-likeness (QED) is 0.465. The molecule has 2 aromatic rings. The third kappa shape index (κ3) is 5.47. The minimum absolute atomic E-state index is 0.0932. The summed E-state index contributed by atoms with van der Waals surface area (Å²) in [6.07, 6.45) is 4.34. The van der Waals surface area contributed by atoms with Crippen LogP contribution in [0.15, 0.2) is 47.4 Å². The predicted molar refractivity (Wildman–Crippen MR) is 137 cm³/mol. The lowest BCUT2D eigenvalue weighted by Gasteiger charge is -2.39. The van der Waals surface area contributed by atoms with E-state index >= 15 is 0 Å². The van der Waals surface area contributed by atoms with Crippen molar-refractivity contribution in [1.29, 1.82) is 0 Å². The van der Waals surface area contributed by atoms with Crippen molar-refractivity contribution in [1.82, 2.24) is 9.21 Å². The minimum atomic E-state index is -3.58. The van der Waals surface area contributed by atoms with Gasteiger partial charge in [-0.05, 0) is 73.6 Å². The number of carbonyl (C=O) groups excluding carboxylic acids is 1. The average Bonchev–Trinajstić information content (AvgIpc) is 3.33. The number of hydrogen-bond acceptors (Lipinski definition) is 6. The van der Waals surface area contributed by atoms with Crippen molar-refractivity contribution in [3.05, 3.63) is 48.0 Å². The van der Waals surface area contributed by atoms with Crippen LogP contribution in [0.4, 0.5) is 0 Å². The maximum atomic E-state index is 13.3. The van der Waals surface area contributed by atoms with Crippen LogP contribution >= 0.6 is 0 Å². The fourth-order valence-electron chi connectivity index (χ4n) is 5.03. The highest BCUT2D eigenvalue weighted by atomic mass is 32.2. The largest absolute Gasteiger partial charge is 0.497 e. The van der Waals surface area contributed by atoms with Crippen LogP contribution in [0.1, 0.15) is 49.4 Å². The van der Waals surface area contributed by atoms with Gasteiger partial charge in [0.1, 0.15) is 17.2 Å². The number of carbonyl (C=O) groups is 1. The highest BCUT2D eigenvalue weighted by molar-refractivity contribution is 7.89. The Bertz CT molecular complexity index is 1160. The van der Waals surface area contributed by atoms with Crippen molar-refractivity contribution in [3.8, 4) is 17.2 Å². The lowest BCUT2D eigenvalue weighted by Crippen LogP contribution is -2.44. The molecule has 0 unspecified atom stereocenters. The molecule has 9 heteroatoms. The van der Waals surface area contributed by atoms with E-state index in [0.717, 1.165) is 32.1 Å². The molecular formula is C27H36N2O6S. The molecule has 0 atom stereocenters. The Morgan fingerprint density at radius 3 is 2.25 bits per heavy atom. The first-order chi connectivity index (χ1) is 17.3. The molecule has 0 aliphatic carbocycles. The van der Waals surface area contributed by atoms with Gasteiger partial charge in [-0.15, -0.1) is 0 Å². The van der Waals surface area contributed by atoms with Gasteiger partial charge in [-0.25, -0.2) is 8.42 Å². The number of unbranched alkanes of at least 4 members (excludes halogenated alkanes) is 1. The molecule has 8 nitrogen and oxygen atoms in total. The summed E-state index contributed by atoms with van der Waals surface area (Å²) in [5, 5.41) is 0. The van der Waals surface area contributed by atoms with E-state index in [4.69, 9.17) is 14.2 Å². The molecule has 0 aromatic heterocycles. The number of rotatable bonds is 9. The van der Waals surface area contributed by atoms with Gasteiger partial charge in [0.25, 0.3) is 5.91 Å². The molecule has 1 amide bonds. The molecule has 36 heavy (non-hydrogen) atoms. The molecule has 0 saturated carbocycles. The van der Waals surface area contributed by atoms with Crippen molar-refractivity contribution in [2.75, 3.05) is 47.0 Å². The summed E-state index contributed by atoms with van der Waals surface area (Å²) in [6.45, 7) is 4.86. The number of sulfonamides is 1. The summed E-state index contributed by atoms with van der Waals surface area (Å²) in [5.41, 5.74) is 0.372. The Hall–Kier alpha value is -2.78. The SMILES string of the molecule is CCCCOc1ccc(S(=O)(=O)N2CCC3(CCN(C(=O)c4cc(OC)ccc4OC)CC3)C2)cc1. The van der Waals surface area contributed by atoms with Gasteiger partial charge in [0.05, 0.1) is 31.3 Å². The first-order valence-corrected chi connectivity index (χ1v) is 14.0. The van der Waals surface area contributed by atoms with Gasteiger partial charge >= 0.3 is 0 Å². The number of ether oxygens (including phenoxy) is 3. The Morgan fingerprint density at radius 1 is 0.944 bits per heavy atom. The zero-order valence-corrected chi connectivity index (χ0v) is 22.2. The maximum absolute atomic E-state index is 13.3. The molecule has 0 bridgehead atoms. The third-order valence-electron chi connectivity index (χ3n) is 7.38. The summed E-state index contributed by atoms with van der Waals surface area (Å²) in [6, 6.07) is 11.9.